The van der Waals surface area contributed by atoms with Crippen LogP contribution in [0.1, 0.15) is 66.3 Å². The van der Waals surface area contributed by atoms with Crippen LogP contribution in [-0.4, -0.2) is 83.3 Å². The molecule has 1 saturated heterocycles. The van der Waals surface area contributed by atoms with Gasteiger partial charge in [0.05, 0.1) is 54.2 Å². The van der Waals surface area contributed by atoms with Gasteiger partial charge in [-0.3, -0.25) is 4.98 Å². The fourth-order valence-electron chi connectivity index (χ4n) is 5.32. The first-order valence-corrected chi connectivity index (χ1v) is 15.6. The van der Waals surface area contributed by atoms with Crippen LogP contribution in [0.2, 0.25) is 0 Å². The molecule has 1 aliphatic rings. The number of rotatable bonds is 12. The van der Waals surface area contributed by atoms with Gasteiger partial charge in [-0.15, -0.1) is 0 Å². The summed E-state index contributed by atoms with van der Waals surface area (Å²) in [6, 6.07) is 8.61. The first kappa shape index (κ1) is 30.3. The van der Waals surface area contributed by atoms with E-state index in [4.69, 9.17) is 24.1 Å². The van der Waals surface area contributed by atoms with Crippen molar-refractivity contribution in [3.8, 4) is 17.1 Å². The standard InChI is InChI=1S/C34H49N7O5/c1-22(9-8-14-45-31-27(21-38-40(31)6)29-18-25(32(42)44-7)15-23(2)39-29)19-37-30-17-24(10-11-28(30)35)16-26-20-36-12-13-41(26)33(43)46-34(3,4)5/h10-11,15,17-18,21-22,26,36-37H,8-9,12-14,16,19-20,35H2,1-7H3/i2D3. The number of nitrogens with zero attached hydrogens (tertiary/aromatic N) is 4. The molecule has 250 valence electrons. The van der Waals surface area contributed by atoms with Crippen LogP contribution in [0.25, 0.3) is 11.3 Å². The number of benzene rings is 1. The maximum atomic E-state index is 12.9. The summed E-state index contributed by atoms with van der Waals surface area (Å²) in [5, 5.41) is 11.2. The zero-order chi connectivity index (χ0) is 35.9. The van der Waals surface area contributed by atoms with E-state index in [1.807, 2.05) is 37.8 Å². The second-order valence-corrected chi connectivity index (χ2v) is 12.7. The lowest BCUT2D eigenvalue weighted by Gasteiger charge is -2.37. The number of ether oxygens (including phenoxy) is 3. The van der Waals surface area contributed by atoms with E-state index in [9.17, 15) is 9.59 Å². The van der Waals surface area contributed by atoms with E-state index in [-0.39, 0.29) is 29.1 Å². The summed E-state index contributed by atoms with van der Waals surface area (Å²) < 4.78 is 41.5. The molecule has 1 aromatic carbocycles. The van der Waals surface area contributed by atoms with Crippen LogP contribution >= 0.6 is 0 Å². The minimum atomic E-state index is -2.52. The van der Waals surface area contributed by atoms with E-state index >= 15 is 0 Å². The van der Waals surface area contributed by atoms with Crippen LogP contribution in [0, 0.1) is 12.8 Å². The predicted molar refractivity (Wildman–Crippen MR) is 179 cm³/mol. The van der Waals surface area contributed by atoms with Crippen LogP contribution in [0.4, 0.5) is 16.2 Å². The highest BCUT2D eigenvalue weighted by Crippen LogP contribution is 2.30. The number of aryl methyl sites for hydroxylation is 2. The monoisotopic (exact) mass is 638 g/mol. The molecule has 2 aromatic heterocycles. The van der Waals surface area contributed by atoms with E-state index in [2.05, 4.69) is 33.7 Å². The molecule has 4 N–H and O–H groups in total. The number of nitrogens with one attached hydrogen (secondary N) is 2. The van der Waals surface area contributed by atoms with Crippen molar-refractivity contribution < 1.29 is 27.9 Å². The van der Waals surface area contributed by atoms with Crippen molar-refractivity contribution in [2.45, 2.75) is 65.5 Å². The number of esters is 1. The summed E-state index contributed by atoms with van der Waals surface area (Å²) in [5.41, 5.74) is 8.93. The maximum absolute atomic E-state index is 12.9. The molecule has 12 heteroatoms. The van der Waals surface area contributed by atoms with E-state index in [0.29, 0.717) is 55.7 Å². The number of pyridine rings is 1. The third-order valence-electron chi connectivity index (χ3n) is 7.70. The predicted octanol–water partition coefficient (Wildman–Crippen LogP) is 4.82. The zero-order valence-corrected chi connectivity index (χ0v) is 27.7. The largest absolute Gasteiger partial charge is 0.477 e. The number of carbonyl (C=O) groups excluding carboxylic acids is 2. The number of nitrogen functional groups attached to an aromatic ring is 1. The summed E-state index contributed by atoms with van der Waals surface area (Å²) >= 11 is 0. The second kappa shape index (κ2) is 15.3. The average Bonchev–Trinajstić information content (AvgIpc) is 3.41. The number of methoxy groups -OCH3 is 1. The molecule has 1 amide bonds. The Morgan fingerprint density at radius 3 is 2.80 bits per heavy atom. The Bertz CT molecular complexity index is 1610. The lowest BCUT2D eigenvalue weighted by molar-refractivity contribution is 0.0121. The normalized spacial score (nSPS) is 17.0. The summed E-state index contributed by atoms with van der Waals surface area (Å²) in [5.74, 6) is 0.0471. The molecular formula is C34H49N7O5. The molecule has 3 aromatic rings. The van der Waals surface area contributed by atoms with Gasteiger partial charge in [-0.25, -0.2) is 14.3 Å². The fraction of sp³-hybridized carbons (Fsp3) is 0.529. The summed E-state index contributed by atoms with van der Waals surface area (Å²) in [4.78, 5) is 31.2. The molecule has 0 radical (unpaired) electrons. The van der Waals surface area contributed by atoms with Gasteiger partial charge in [0, 0.05) is 43.0 Å². The minimum Gasteiger partial charge on any atom is -0.477 e. The Balaban J connectivity index is 1.32. The van der Waals surface area contributed by atoms with E-state index in [1.165, 1.54) is 25.4 Å². The number of hydrogen-bond donors (Lipinski definition) is 3. The molecular weight excluding hydrogens is 586 g/mol. The van der Waals surface area contributed by atoms with Crippen molar-refractivity contribution >= 4 is 23.4 Å². The molecule has 2 unspecified atom stereocenters. The Morgan fingerprint density at radius 1 is 1.26 bits per heavy atom. The molecule has 2 atom stereocenters. The molecule has 3 heterocycles. The number of nitrogens with two attached hydrogens (primary N) is 1. The molecule has 1 aliphatic heterocycles. The molecule has 4 rings (SSSR count). The molecule has 1 fully saturated rings. The van der Waals surface area contributed by atoms with Gasteiger partial charge in [0.1, 0.15) is 5.60 Å². The first-order valence-electron chi connectivity index (χ1n) is 17.1. The third kappa shape index (κ3) is 9.35. The van der Waals surface area contributed by atoms with Gasteiger partial charge in [0.2, 0.25) is 5.88 Å². The smallest absolute Gasteiger partial charge is 0.410 e. The number of aromatic nitrogens is 3. The first-order chi connectivity index (χ1) is 23.1. The summed E-state index contributed by atoms with van der Waals surface area (Å²) in [6.45, 7) is 8.34. The van der Waals surface area contributed by atoms with Crippen molar-refractivity contribution in [1.82, 2.24) is 25.0 Å². The summed E-state index contributed by atoms with van der Waals surface area (Å²) in [7, 11) is 2.95. The molecule has 0 aliphatic carbocycles. The topological polar surface area (TPSA) is 146 Å². The van der Waals surface area contributed by atoms with Crippen molar-refractivity contribution in [3.05, 3.63) is 53.3 Å². The number of piperazine rings is 1. The zero-order valence-electron chi connectivity index (χ0n) is 30.7. The molecule has 0 bridgehead atoms. The van der Waals surface area contributed by atoms with Crippen molar-refractivity contribution in [2.75, 3.05) is 50.9 Å². The fourth-order valence-corrected chi connectivity index (χ4v) is 5.32. The molecule has 0 spiro atoms. The third-order valence-corrected chi connectivity index (χ3v) is 7.70. The van der Waals surface area contributed by atoms with Gasteiger partial charge >= 0.3 is 12.1 Å². The van der Waals surface area contributed by atoms with Gasteiger partial charge < -0.3 is 35.5 Å². The minimum absolute atomic E-state index is 0.0323. The van der Waals surface area contributed by atoms with Crippen LogP contribution in [0.15, 0.2) is 36.5 Å². The quantitative estimate of drug-likeness (QED) is 0.143. The van der Waals surface area contributed by atoms with Gasteiger partial charge in [0.25, 0.3) is 0 Å². The Hall–Kier alpha value is -4.32. The van der Waals surface area contributed by atoms with Crippen molar-refractivity contribution in [2.24, 2.45) is 13.0 Å². The molecule has 0 saturated carbocycles. The maximum Gasteiger partial charge on any atom is 0.410 e. The van der Waals surface area contributed by atoms with Crippen LogP contribution in [-0.2, 0) is 22.9 Å². The van der Waals surface area contributed by atoms with Crippen LogP contribution in [0.3, 0.4) is 0 Å². The highest BCUT2D eigenvalue weighted by molar-refractivity contribution is 5.90. The highest BCUT2D eigenvalue weighted by Gasteiger charge is 2.30. The Labute approximate surface area is 276 Å². The lowest BCUT2D eigenvalue weighted by atomic mass is 10.0. The Morgan fingerprint density at radius 2 is 2.07 bits per heavy atom. The van der Waals surface area contributed by atoms with Crippen molar-refractivity contribution in [1.29, 1.82) is 0 Å². The van der Waals surface area contributed by atoms with E-state index < -0.39 is 18.4 Å². The highest BCUT2D eigenvalue weighted by atomic mass is 16.6. The molecule has 12 nitrogen and oxygen atoms in total. The number of carbonyl (C=O) groups is 2. The van der Waals surface area contributed by atoms with Crippen LogP contribution in [0.5, 0.6) is 5.88 Å². The van der Waals surface area contributed by atoms with Crippen LogP contribution < -0.4 is 21.1 Å². The summed E-state index contributed by atoms with van der Waals surface area (Å²) in [6.07, 6.45) is 3.51. The van der Waals surface area contributed by atoms with Gasteiger partial charge in [0.15, 0.2) is 0 Å². The number of amides is 1. The number of hydrogen-bond acceptors (Lipinski definition) is 10. The van der Waals surface area contributed by atoms with Crippen molar-refractivity contribution in [3.63, 3.8) is 0 Å². The lowest BCUT2D eigenvalue weighted by Crippen LogP contribution is -2.55. The van der Waals surface area contributed by atoms with E-state index in [1.54, 1.807) is 11.7 Å². The number of anilines is 2. The van der Waals surface area contributed by atoms with E-state index in [0.717, 1.165) is 30.6 Å². The second-order valence-electron chi connectivity index (χ2n) is 12.7. The van der Waals surface area contributed by atoms with Gasteiger partial charge in [-0.2, -0.15) is 5.10 Å². The molecule has 46 heavy (non-hydrogen) atoms. The SMILES string of the molecule is [2H]C([2H])([2H])c1cc(C(=O)OC)cc(-c2cnn(C)c2OCCCC(C)CNc2cc(CC3CNCCN3C(=O)OC(C)(C)C)ccc2N)n1. The van der Waals surface area contributed by atoms with Gasteiger partial charge in [-0.1, -0.05) is 13.0 Å². The average molecular weight is 639 g/mol. The Kier molecular flexibility index (Phi) is 10.1. The van der Waals surface area contributed by atoms with Gasteiger partial charge in [-0.05, 0) is 82.6 Å².